The fourth-order valence-electron chi connectivity index (χ4n) is 1.67. The van der Waals surface area contributed by atoms with Gasteiger partial charge in [0.25, 0.3) is 0 Å². The number of hydrogen-bond donors (Lipinski definition) is 1. The van der Waals surface area contributed by atoms with Crippen molar-refractivity contribution in [3.05, 3.63) is 23.3 Å². The summed E-state index contributed by atoms with van der Waals surface area (Å²) in [6.07, 6.45) is 6.42. The highest BCUT2D eigenvalue weighted by atomic mass is 32.2. The van der Waals surface area contributed by atoms with Crippen LogP contribution in [-0.4, -0.2) is 16.9 Å². The van der Waals surface area contributed by atoms with Crippen LogP contribution in [0.5, 0.6) is 0 Å². The van der Waals surface area contributed by atoms with Crippen molar-refractivity contribution >= 4 is 17.7 Å². The Balaban J connectivity index is 2.28. The summed E-state index contributed by atoms with van der Waals surface area (Å²) in [6, 6.07) is 0. The van der Waals surface area contributed by atoms with Gasteiger partial charge in [0.2, 0.25) is 5.91 Å². The molecule has 1 heterocycles. The smallest absolute Gasteiger partial charge is 0.235 e. The van der Waals surface area contributed by atoms with Crippen molar-refractivity contribution in [1.29, 1.82) is 0 Å². The minimum atomic E-state index is -0.198. The van der Waals surface area contributed by atoms with Crippen LogP contribution < -0.4 is 5.73 Å². The van der Waals surface area contributed by atoms with Crippen molar-refractivity contribution in [3.63, 3.8) is 0 Å². The number of nitrogens with two attached hydrogens (primary N) is 1. The first-order chi connectivity index (χ1) is 5.79. The molecule has 0 aromatic heterocycles. The SMILES string of the molecule is NC(=O)C1SCC2=C1C=CCC2. The lowest BCUT2D eigenvalue weighted by molar-refractivity contribution is -0.116. The van der Waals surface area contributed by atoms with Crippen molar-refractivity contribution in [2.75, 3.05) is 5.75 Å². The molecule has 0 aromatic carbocycles. The van der Waals surface area contributed by atoms with Gasteiger partial charge in [0.15, 0.2) is 0 Å². The lowest BCUT2D eigenvalue weighted by Crippen LogP contribution is -2.25. The Kier molecular flexibility index (Phi) is 1.97. The molecule has 1 aliphatic heterocycles. The summed E-state index contributed by atoms with van der Waals surface area (Å²) >= 11 is 1.66. The maximum Gasteiger partial charge on any atom is 0.235 e. The summed E-state index contributed by atoms with van der Waals surface area (Å²) in [5.41, 5.74) is 7.88. The lowest BCUT2D eigenvalue weighted by atomic mass is 9.97. The third-order valence-electron chi connectivity index (χ3n) is 2.28. The predicted molar refractivity (Wildman–Crippen MR) is 50.8 cm³/mol. The Bertz CT molecular complexity index is 280. The second kappa shape index (κ2) is 2.98. The lowest BCUT2D eigenvalue weighted by Gasteiger charge is -2.10. The van der Waals surface area contributed by atoms with Gasteiger partial charge in [-0.25, -0.2) is 0 Å². The van der Waals surface area contributed by atoms with Crippen molar-refractivity contribution < 1.29 is 4.79 Å². The maximum atomic E-state index is 11.0. The van der Waals surface area contributed by atoms with E-state index in [4.69, 9.17) is 5.73 Å². The standard InChI is InChI=1S/C9H11NOS/c10-9(11)8-7-4-2-1-3-6(7)5-12-8/h2,4,8H,1,3,5H2,(H2,10,11). The van der Waals surface area contributed by atoms with Crippen LogP contribution in [0.2, 0.25) is 0 Å². The van der Waals surface area contributed by atoms with E-state index in [1.807, 2.05) is 0 Å². The number of hydrogen-bond acceptors (Lipinski definition) is 2. The third kappa shape index (κ3) is 1.18. The molecule has 0 aromatic rings. The molecule has 12 heavy (non-hydrogen) atoms. The molecule has 1 aliphatic carbocycles. The van der Waals surface area contributed by atoms with Gasteiger partial charge in [-0.2, -0.15) is 0 Å². The second-order valence-electron chi connectivity index (χ2n) is 3.09. The molecule has 2 aliphatic rings. The highest BCUT2D eigenvalue weighted by molar-refractivity contribution is 8.01. The van der Waals surface area contributed by atoms with Gasteiger partial charge in [0.05, 0.1) is 0 Å². The minimum Gasteiger partial charge on any atom is -0.368 e. The van der Waals surface area contributed by atoms with Crippen LogP contribution in [0.3, 0.4) is 0 Å². The molecular formula is C9H11NOS. The zero-order valence-corrected chi connectivity index (χ0v) is 7.56. The number of primary amides is 1. The van der Waals surface area contributed by atoms with Crippen molar-refractivity contribution in [3.8, 4) is 0 Å². The minimum absolute atomic E-state index is 0.0726. The Morgan fingerprint density at radius 3 is 3.25 bits per heavy atom. The van der Waals surface area contributed by atoms with E-state index >= 15 is 0 Å². The monoisotopic (exact) mass is 181 g/mol. The van der Waals surface area contributed by atoms with E-state index in [1.54, 1.807) is 11.8 Å². The average molecular weight is 181 g/mol. The number of amides is 1. The third-order valence-corrected chi connectivity index (χ3v) is 3.62. The summed E-state index contributed by atoms with van der Waals surface area (Å²) in [5.74, 6) is 0.796. The van der Waals surface area contributed by atoms with E-state index in [0.717, 1.165) is 18.6 Å². The van der Waals surface area contributed by atoms with E-state index in [2.05, 4.69) is 12.2 Å². The van der Waals surface area contributed by atoms with E-state index < -0.39 is 0 Å². The summed E-state index contributed by atoms with van der Waals surface area (Å²) in [6.45, 7) is 0. The van der Waals surface area contributed by atoms with Gasteiger partial charge in [-0.15, -0.1) is 11.8 Å². The van der Waals surface area contributed by atoms with E-state index in [9.17, 15) is 4.79 Å². The molecular weight excluding hydrogens is 170 g/mol. The molecule has 0 saturated carbocycles. The molecule has 1 amide bonds. The first kappa shape index (κ1) is 7.92. The van der Waals surface area contributed by atoms with E-state index in [0.29, 0.717) is 0 Å². The zero-order valence-electron chi connectivity index (χ0n) is 6.75. The van der Waals surface area contributed by atoms with Gasteiger partial charge in [0, 0.05) is 5.75 Å². The molecule has 3 heteroatoms. The molecule has 0 fully saturated rings. The summed E-state index contributed by atoms with van der Waals surface area (Å²) < 4.78 is 0. The van der Waals surface area contributed by atoms with Gasteiger partial charge >= 0.3 is 0 Å². The number of rotatable bonds is 1. The predicted octanol–water partition coefficient (Wildman–Crippen LogP) is 1.23. The number of carbonyl (C=O) groups excluding carboxylic acids is 1. The topological polar surface area (TPSA) is 43.1 Å². The normalized spacial score (nSPS) is 27.5. The van der Waals surface area contributed by atoms with Crippen molar-refractivity contribution in [2.24, 2.45) is 5.73 Å². The van der Waals surface area contributed by atoms with Gasteiger partial charge in [-0.1, -0.05) is 17.7 Å². The van der Waals surface area contributed by atoms with Gasteiger partial charge < -0.3 is 5.73 Å². The zero-order chi connectivity index (χ0) is 8.55. The summed E-state index contributed by atoms with van der Waals surface area (Å²) in [5, 5.41) is -0.0726. The average Bonchev–Trinajstić information content (AvgIpc) is 2.47. The molecule has 0 bridgehead atoms. The van der Waals surface area contributed by atoms with E-state index in [-0.39, 0.29) is 11.2 Å². The fraction of sp³-hybridized carbons (Fsp3) is 0.444. The highest BCUT2D eigenvalue weighted by Gasteiger charge is 2.29. The summed E-state index contributed by atoms with van der Waals surface area (Å²) in [7, 11) is 0. The fourth-order valence-corrected chi connectivity index (χ4v) is 2.94. The van der Waals surface area contributed by atoms with Crippen LogP contribution in [0.1, 0.15) is 12.8 Å². The van der Waals surface area contributed by atoms with Crippen LogP contribution in [0, 0.1) is 0 Å². The van der Waals surface area contributed by atoms with Gasteiger partial charge in [0.1, 0.15) is 5.25 Å². The Morgan fingerprint density at radius 2 is 2.50 bits per heavy atom. The van der Waals surface area contributed by atoms with Crippen molar-refractivity contribution in [1.82, 2.24) is 0 Å². The van der Waals surface area contributed by atoms with Crippen LogP contribution in [0.15, 0.2) is 23.3 Å². The molecule has 0 spiro atoms. The quantitative estimate of drug-likeness (QED) is 0.661. The van der Waals surface area contributed by atoms with Crippen LogP contribution in [0.25, 0.3) is 0 Å². The maximum absolute atomic E-state index is 11.0. The number of carbonyl (C=O) groups is 1. The molecule has 1 unspecified atom stereocenters. The van der Waals surface area contributed by atoms with E-state index in [1.165, 1.54) is 11.1 Å². The molecule has 0 radical (unpaired) electrons. The Labute approximate surface area is 75.9 Å². The number of allylic oxidation sites excluding steroid dienone is 2. The van der Waals surface area contributed by atoms with Crippen LogP contribution in [0.4, 0.5) is 0 Å². The first-order valence-electron chi connectivity index (χ1n) is 4.08. The number of thioether (sulfide) groups is 1. The second-order valence-corrected chi connectivity index (χ2v) is 4.19. The molecule has 64 valence electrons. The Morgan fingerprint density at radius 1 is 1.67 bits per heavy atom. The molecule has 2 N–H and O–H groups in total. The molecule has 1 atom stereocenters. The first-order valence-corrected chi connectivity index (χ1v) is 5.13. The Hall–Kier alpha value is -0.700. The molecule has 2 nitrogen and oxygen atoms in total. The molecule has 2 rings (SSSR count). The molecule has 0 saturated heterocycles. The van der Waals surface area contributed by atoms with Crippen LogP contribution >= 0.6 is 11.8 Å². The van der Waals surface area contributed by atoms with Crippen molar-refractivity contribution in [2.45, 2.75) is 18.1 Å². The highest BCUT2D eigenvalue weighted by Crippen LogP contribution is 2.37. The van der Waals surface area contributed by atoms with Gasteiger partial charge in [-0.3, -0.25) is 4.79 Å². The largest absolute Gasteiger partial charge is 0.368 e. The summed E-state index contributed by atoms with van der Waals surface area (Å²) in [4.78, 5) is 11.0. The van der Waals surface area contributed by atoms with Crippen LogP contribution in [-0.2, 0) is 4.79 Å². The van der Waals surface area contributed by atoms with Gasteiger partial charge in [-0.05, 0) is 18.4 Å².